The van der Waals surface area contributed by atoms with Gasteiger partial charge in [0.15, 0.2) is 12.2 Å². The van der Waals surface area contributed by atoms with E-state index >= 15 is 0 Å². The van der Waals surface area contributed by atoms with Gasteiger partial charge in [-0.15, -0.1) is 0 Å². The number of esters is 2. The Hall–Kier alpha value is -4.08. The Bertz CT molecular complexity index is 888. The Morgan fingerprint density at radius 2 is 0.967 bits per heavy atom. The number of benzene rings is 2. The zero-order valence-electron chi connectivity index (χ0n) is 16.0. The van der Waals surface area contributed by atoms with Crippen molar-refractivity contribution in [3.63, 3.8) is 0 Å². The van der Waals surface area contributed by atoms with Gasteiger partial charge in [-0.2, -0.15) is 10.2 Å². The highest BCUT2D eigenvalue weighted by atomic mass is 16.6. The van der Waals surface area contributed by atoms with E-state index in [0.717, 1.165) is 0 Å². The summed E-state index contributed by atoms with van der Waals surface area (Å²) in [6.45, 7) is 2.50. The third-order valence-electron chi connectivity index (χ3n) is 3.75. The molecule has 0 aliphatic carbocycles. The van der Waals surface area contributed by atoms with Crippen LogP contribution in [0.1, 0.15) is 34.6 Å². The van der Waals surface area contributed by atoms with E-state index in [0.29, 0.717) is 11.4 Å². The minimum atomic E-state index is -1.26. The maximum atomic E-state index is 11.8. The first-order chi connectivity index (χ1) is 14.2. The number of hydrogen-bond donors (Lipinski definition) is 2. The molecule has 0 radical (unpaired) electrons. The van der Waals surface area contributed by atoms with Gasteiger partial charge in [-0.3, -0.25) is 0 Å². The van der Waals surface area contributed by atoms with Crippen molar-refractivity contribution in [2.45, 2.75) is 26.1 Å². The van der Waals surface area contributed by atoms with Gasteiger partial charge in [-0.05, 0) is 62.4 Å². The molecule has 10 heteroatoms. The highest BCUT2D eigenvalue weighted by molar-refractivity contribution is 5.92. The molecule has 10 nitrogen and oxygen atoms in total. The molecule has 0 fully saturated rings. The number of ether oxygens (including phenoxy) is 2. The van der Waals surface area contributed by atoms with Crippen LogP contribution in [-0.4, -0.2) is 46.3 Å². The van der Waals surface area contributed by atoms with E-state index in [1.807, 2.05) is 0 Å². The van der Waals surface area contributed by atoms with Gasteiger partial charge in [0.25, 0.3) is 0 Å². The van der Waals surface area contributed by atoms with E-state index in [4.69, 9.17) is 19.7 Å². The standard InChI is InChI=1S/C20H18N2O8/c1-11(17(23)24)29-19(27)13-3-7-15(8-4-13)21-22-16-9-5-14(6-10-16)20(28)30-12(2)18(25)26/h3-12H,1-2H3,(H,23,24)(H,25,26)/t11-,12-/m0/s1. The van der Waals surface area contributed by atoms with Crippen molar-refractivity contribution in [1.82, 2.24) is 0 Å². The fourth-order valence-electron chi connectivity index (χ4n) is 2.00. The predicted molar refractivity (Wildman–Crippen MR) is 102 cm³/mol. The van der Waals surface area contributed by atoms with E-state index in [9.17, 15) is 19.2 Å². The second-order valence-electron chi connectivity index (χ2n) is 6.07. The van der Waals surface area contributed by atoms with Crippen LogP contribution >= 0.6 is 0 Å². The number of carboxylic acid groups (broad SMARTS) is 2. The lowest BCUT2D eigenvalue weighted by atomic mass is 10.2. The summed E-state index contributed by atoms with van der Waals surface area (Å²) in [6, 6.07) is 11.7. The van der Waals surface area contributed by atoms with Gasteiger partial charge < -0.3 is 19.7 Å². The molecule has 0 saturated carbocycles. The van der Waals surface area contributed by atoms with Crippen LogP contribution in [0, 0.1) is 0 Å². The van der Waals surface area contributed by atoms with Crippen LogP contribution in [0.5, 0.6) is 0 Å². The Morgan fingerprint density at radius 1 is 0.667 bits per heavy atom. The monoisotopic (exact) mass is 414 g/mol. The molecule has 2 rings (SSSR count). The molecule has 2 aromatic rings. The minimum absolute atomic E-state index is 0.167. The van der Waals surface area contributed by atoms with Crippen LogP contribution < -0.4 is 0 Å². The van der Waals surface area contributed by atoms with E-state index in [1.165, 1.54) is 62.4 Å². The summed E-state index contributed by atoms with van der Waals surface area (Å²) in [5.41, 5.74) is 1.19. The Balaban J connectivity index is 1.99. The predicted octanol–water partition coefficient (Wildman–Crippen LogP) is 3.36. The summed E-state index contributed by atoms with van der Waals surface area (Å²) in [6.07, 6.45) is -2.52. The number of rotatable bonds is 8. The summed E-state index contributed by atoms with van der Waals surface area (Å²) >= 11 is 0. The van der Waals surface area contributed by atoms with Crippen molar-refractivity contribution in [1.29, 1.82) is 0 Å². The van der Waals surface area contributed by atoms with E-state index in [1.54, 1.807) is 0 Å². The smallest absolute Gasteiger partial charge is 0.344 e. The van der Waals surface area contributed by atoms with E-state index in [2.05, 4.69) is 10.2 Å². The highest BCUT2D eigenvalue weighted by Gasteiger charge is 2.18. The number of carbonyl (C=O) groups is 4. The molecule has 0 aliphatic rings. The molecule has 0 saturated heterocycles. The maximum Gasteiger partial charge on any atom is 0.344 e. The quantitative estimate of drug-likeness (QED) is 0.493. The average Bonchev–Trinajstić information content (AvgIpc) is 2.72. The second kappa shape index (κ2) is 9.92. The van der Waals surface area contributed by atoms with Gasteiger partial charge in [-0.25, -0.2) is 19.2 Å². The van der Waals surface area contributed by atoms with Crippen molar-refractivity contribution in [3.05, 3.63) is 59.7 Å². The van der Waals surface area contributed by atoms with Crippen molar-refractivity contribution >= 4 is 35.3 Å². The largest absolute Gasteiger partial charge is 0.479 e. The fraction of sp³-hybridized carbons (Fsp3) is 0.200. The summed E-state index contributed by atoms with van der Waals surface area (Å²) in [7, 11) is 0. The molecule has 2 atom stereocenters. The zero-order valence-corrected chi connectivity index (χ0v) is 16.0. The van der Waals surface area contributed by atoms with Crippen molar-refractivity contribution in [2.24, 2.45) is 10.2 Å². The lowest BCUT2D eigenvalue weighted by molar-refractivity contribution is -0.146. The van der Waals surface area contributed by atoms with Crippen molar-refractivity contribution in [3.8, 4) is 0 Å². The number of carboxylic acids is 2. The minimum Gasteiger partial charge on any atom is -0.479 e. The first-order valence-electron chi connectivity index (χ1n) is 8.67. The summed E-state index contributed by atoms with van der Waals surface area (Å²) in [4.78, 5) is 45.1. The van der Waals surface area contributed by atoms with Crippen LogP contribution in [0.15, 0.2) is 58.8 Å². The highest BCUT2D eigenvalue weighted by Crippen LogP contribution is 2.20. The molecule has 0 unspecified atom stereocenters. The summed E-state index contributed by atoms with van der Waals surface area (Å²) < 4.78 is 9.54. The molecule has 0 aromatic heterocycles. The van der Waals surface area contributed by atoms with Gasteiger partial charge >= 0.3 is 23.9 Å². The zero-order chi connectivity index (χ0) is 22.3. The van der Waals surface area contributed by atoms with Gasteiger partial charge in [0, 0.05) is 0 Å². The van der Waals surface area contributed by atoms with Crippen molar-refractivity contribution in [2.75, 3.05) is 0 Å². The van der Waals surface area contributed by atoms with Gasteiger partial charge in [0.2, 0.25) is 0 Å². The molecule has 156 valence electrons. The normalized spacial score (nSPS) is 12.7. The summed E-state index contributed by atoms with van der Waals surface area (Å²) in [5.74, 6) is -4.03. The molecule has 0 amide bonds. The fourth-order valence-corrected chi connectivity index (χ4v) is 2.00. The van der Waals surface area contributed by atoms with Gasteiger partial charge in [-0.1, -0.05) is 0 Å². The molecule has 30 heavy (non-hydrogen) atoms. The van der Waals surface area contributed by atoms with Crippen LogP contribution in [0.25, 0.3) is 0 Å². The number of hydrogen-bond acceptors (Lipinski definition) is 8. The Kier molecular flexibility index (Phi) is 7.34. The van der Waals surface area contributed by atoms with E-state index in [-0.39, 0.29) is 11.1 Å². The van der Waals surface area contributed by atoms with Crippen LogP contribution in [0.2, 0.25) is 0 Å². The summed E-state index contributed by atoms with van der Waals surface area (Å²) in [5, 5.41) is 25.5. The lowest BCUT2D eigenvalue weighted by Gasteiger charge is -2.08. The van der Waals surface area contributed by atoms with Gasteiger partial charge in [0.05, 0.1) is 22.5 Å². The van der Waals surface area contributed by atoms with Crippen LogP contribution in [0.3, 0.4) is 0 Å². The van der Waals surface area contributed by atoms with Gasteiger partial charge in [0.1, 0.15) is 0 Å². The first-order valence-corrected chi connectivity index (χ1v) is 8.67. The molecule has 0 aliphatic heterocycles. The lowest BCUT2D eigenvalue weighted by Crippen LogP contribution is -2.23. The van der Waals surface area contributed by atoms with E-state index < -0.39 is 36.1 Å². The molecule has 2 aromatic carbocycles. The first kappa shape index (κ1) is 22.2. The topological polar surface area (TPSA) is 152 Å². The maximum absolute atomic E-state index is 11.8. The molecule has 0 spiro atoms. The third-order valence-corrected chi connectivity index (χ3v) is 3.75. The Labute approximate surface area is 170 Å². The SMILES string of the molecule is C[C@H](OC(=O)c1ccc(N=Nc2ccc(C(=O)O[C@@H](C)C(=O)O)cc2)cc1)C(=O)O. The second-order valence-corrected chi connectivity index (χ2v) is 6.07. The number of carbonyl (C=O) groups excluding carboxylic acids is 2. The molecular weight excluding hydrogens is 396 g/mol. The third kappa shape index (κ3) is 6.23. The number of aliphatic carboxylic acids is 2. The molecule has 0 bridgehead atoms. The number of nitrogens with zero attached hydrogens (tertiary/aromatic N) is 2. The molecular formula is C20H18N2O8. The van der Waals surface area contributed by atoms with Crippen LogP contribution in [0.4, 0.5) is 11.4 Å². The van der Waals surface area contributed by atoms with Crippen molar-refractivity contribution < 1.29 is 38.9 Å². The van der Waals surface area contributed by atoms with Crippen LogP contribution in [-0.2, 0) is 19.1 Å². The number of azo groups is 1. The molecule has 2 N–H and O–H groups in total. The molecule has 0 heterocycles. The average molecular weight is 414 g/mol. The Morgan fingerprint density at radius 3 is 1.23 bits per heavy atom.